The molecule has 3 aromatic rings. The van der Waals surface area contributed by atoms with Crippen molar-refractivity contribution in [2.45, 2.75) is 13.8 Å². The largest absolute Gasteiger partial charge is 0.478 e. The highest BCUT2D eigenvalue weighted by atomic mass is 16.4. The number of carboxylic acid groups (broad SMARTS) is 1. The van der Waals surface area contributed by atoms with Crippen LogP contribution in [-0.4, -0.2) is 30.8 Å². The van der Waals surface area contributed by atoms with E-state index in [1.807, 2.05) is 0 Å². The van der Waals surface area contributed by atoms with Crippen LogP contribution in [-0.2, 0) is 0 Å². The highest BCUT2D eigenvalue weighted by molar-refractivity contribution is 5.95. The van der Waals surface area contributed by atoms with Crippen molar-refractivity contribution in [2.75, 3.05) is 0 Å². The van der Waals surface area contributed by atoms with E-state index in [0.717, 1.165) is 0 Å². The molecule has 0 fully saturated rings. The van der Waals surface area contributed by atoms with Crippen LogP contribution >= 0.6 is 0 Å². The van der Waals surface area contributed by atoms with Gasteiger partial charge < -0.3 is 9.52 Å². The number of aromatic nitrogens is 4. The average molecular weight is 284 g/mol. The molecule has 3 heterocycles. The number of aryl methyl sites for hydroxylation is 2. The predicted octanol–water partition coefficient (Wildman–Crippen LogP) is 2.24. The second-order valence-electron chi connectivity index (χ2n) is 4.52. The molecular formula is C14H12N4O3. The molecule has 0 bridgehead atoms. The Kier molecular flexibility index (Phi) is 3.02. The first kappa shape index (κ1) is 13.0. The van der Waals surface area contributed by atoms with Gasteiger partial charge in [0, 0.05) is 24.2 Å². The van der Waals surface area contributed by atoms with Gasteiger partial charge in [0.25, 0.3) is 0 Å². The van der Waals surface area contributed by atoms with Crippen molar-refractivity contribution in [3.05, 3.63) is 47.8 Å². The van der Waals surface area contributed by atoms with Crippen molar-refractivity contribution in [3.63, 3.8) is 0 Å². The third-order valence-electron chi connectivity index (χ3n) is 3.00. The third kappa shape index (κ3) is 2.29. The lowest BCUT2D eigenvalue weighted by Crippen LogP contribution is -2.00. The molecule has 0 saturated carbocycles. The van der Waals surface area contributed by atoms with Gasteiger partial charge in [0.05, 0.1) is 0 Å². The van der Waals surface area contributed by atoms with Gasteiger partial charge in [0.2, 0.25) is 5.95 Å². The maximum atomic E-state index is 11.4. The molecule has 0 aliphatic carbocycles. The second kappa shape index (κ2) is 4.86. The fraction of sp³-hybridized carbons (Fsp3) is 0.143. The fourth-order valence-corrected chi connectivity index (χ4v) is 2.11. The van der Waals surface area contributed by atoms with Crippen molar-refractivity contribution < 1.29 is 14.3 Å². The monoisotopic (exact) mass is 284 g/mol. The minimum atomic E-state index is -1.06. The number of hydrogen-bond acceptors (Lipinski definition) is 5. The summed E-state index contributed by atoms with van der Waals surface area (Å²) in [6.07, 6.45) is 4.53. The zero-order valence-electron chi connectivity index (χ0n) is 11.4. The van der Waals surface area contributed by atoms with E-state index in [9.17, 15) is 9.90 Å². The molecule has 0 saturated heterocycles. The van der Waals surface area contributed by atoms with Crippen molar-refractivity contribution in [2.24, 2.45) is 0 Å². The summed E-state index contributed by atoms with van der Waals surface area (Å²) in [7, 11) is 0. The molecule has 0 amide bonds. The Morgan fingerprint density at radius 3 is 2.57 bits per heavy atom. The first-order chi connectivity index (χ1) is 10.1. The highest BCUT2D eigenvalue weighted by Gasteiger charge is 2.21. The van der Waals surface area contributed by atoms with Crippen LogP contribution < -0.4 is 0 Å². The number of carbonyl (C=O) groups is 1. The van der Waals surface area contributed by atoms with Gasteiger partial charge in [-0.2, -0.15) is 5.10 Å². The normalized spacial score (nSPS) is 10.8. The standard InChI is InChI=1S/C14H12N4O3/c1-8-6-10(9(2)21-8)12-11(13(19)20)7-18(17-12)14-15-4-3-5-16-14/h3-7H,1-2H3,(H,19,20). The second-order valence-corrected chi connectivity index (χ2v) is 4.52. The predicted molar refractivity (Wildman–Crippen MR) is 73.3 cm³/mol. The van der Waals surface area contributed by atoms with Crippen molar-refractivity contribution in [3.8, 4) is 17.2 Å². The number of furan rings is 1. The van der Waals surface area contributed by atoms with Gasteiger partial charge in [-0.25, -0.2) is 19.4 Å². The molecule has 7 heteroatoms. The van der Waals surface area contributed by atoms with Gasteiger partial charge in [-0.3, -0.25) is 0 Å². The van der Waals surface area contributed by atoms with E-state index in [4.69, 9.17) is 4.42 Å². The van der Waals surface area contributed by atoms with Crippen LogP contribution in [0.4, 0.5) is 0 Å². The lowest BCUT2D eigenvalue weighted by atomic mass is 10.1. The first-order valence-electron chi connectivity index (χ1n) is 6.24. The zero-order chi connectivity index (χ0) is 15.0. The van der Waals surface area contributed by atoms with Crippen LogP contribution in [0.5, 0.6) is 0 Å². The molecule has 0 radical (unpaired) electrons. The van der Waals surface area contributed by atoms with Gasteiger partial charge in [-0.15, -0.1) is 0 Å². The first-order valence-corrected chi connectivity index (χ1v) is 6.24. The zero-order valence-corrected chi connectivity index (χ0v) is 11.4. The molecule has 21 heavy (non-hydrogen) atoms. The number of nitrogens with zero attached hydrogens (tertiary/aromatic N) is 4. The molecule has 106 valence electrons. The van der Waals surface area contributed by atoms with Crippen LogP contribution in [0.2, 0.25) is 0 Å². The molecule has 0 unspecified atom stereocenters. The summed E-state index contributed by atoms with van der Waals surface area (Å²) in [4.78, 5) is 19.5. The molecule has 0 aliphatic heterocycles. The summed E-state index contributed by atoms with van der Waals surface area (Å²) in [5.41, 5.74) is 1.07. The summed E-state index contributed by atoms with van der Waals surface area (Å²) in [6.45, 7) is 3.57. The molecule has 0 aromatic carbocycles. The van der Waals surface area contributed by atoms with Crippen molar-refractivity contribution in [1.82, 2.24) is 19.7 Å². The molecule has 3 rings (SSSR count). The van der Waals surface area contributed by atoms with Gasteiger partial charge in [0.15, 0.2) is 0 Å². The van der Waals surface area contributed by atoms with Crippen LogP contribution in [0, 0.1) is 13.8 Å². The van der Waals surface area contributed by atoms with Crippen LogP contribution in [0.3, 0.4) is 0 Å². The number of carboxylic acids is 1. The molecule has 1 N–H and O–H groups in total. The Bertz CT molecular complexity index is 805. The summed E-state index contributed by atoms with van der Waals surface area (Å²) in [5.74, 6) is 0.563. The van der Waals surface area contributed by atoms with Gasteiger partial charge >= 0.3 is 5.97 Å². The van der Waals surface area contributed by atoms with E-state index in [-0.39, 0.29) is 5.56 Å². The fourth-order valence-electron chi connectivity index (χ4n) is 2.11. The lowest BCUT2D eigenvalue weighted by Gasteiger charge is -1.97. The van der Waals surface area contributed by atoms with Crippen molar-refractivity contribution >= 4 is 5.97 Å². The quantitative estimate of drug-likeness (QED) is 0.792. The number of rotatable bonds is 3. The summed E-state index contributed by atoms with van der Waals surface area (Å²) in [5, 5.41) is 13.7. The topological polar surface area (TPSA) is 94.0 Å². The Balaban J connectivity index is 2.18. The maximum absolute atomic E-state index is 11.4. The van der Waals surface area contributed by atoms with Gasteiger partial charge in [0.1, 0.15) is 22.8 Å². The Labute approximate surface area is 119 Å². The third-order valence-corrected chi connectivity index (χ3v) is 3.00. The van der Waals surface area contributed by atoms with Crippen molar-refractivity contribution in [1.29, 1.82) is 0 Å². The van der Waals surface area contributed by atoms with Crippen LogP contribution in [0.1, 0.15) is 21.9 Å². The summed E-state index contributed by atoms with van der Waals surface area (Å²) >= 11 is 0. The van der Waals surface area contributed by atoms with E-state index in [0.29, 0.717) is 28.7 Å². The SMILES string of the molecule is Cc1cc(-c2nn(-c3ncccn3)cc2C(=O)O)c(C)o1. The molecular weight excluding hydrogens is 272 g/mol. The Morgan fingerprint density at radius 2 is 2.00 bits per heavy atom. The minimum Gasteiger partial charge on any atom is -0.478 e. The molecule has 7 nitrogen and oxygen atoms in total. The molecule has 0 atom stereocenters. The minimum absolute atomic E-state index is 0.0753. The summed E-state index contributed by atoms with van der Waals surface area (Å²) in [6, 6.07) is 3.44. The average Bonchev–Trinajstić information content (AvgIpc) is 3.03. The smallest absolute Gasteiger partial charge is 0.339 e. The Hall–Kier alpha value is -2.96. The number of hydrogen-bond donors (Lipinski definition) is 1. The molecule has 0 aliphatic rings. The molecule has 0 spiro atoms. The maximum Gasteiger partial charge on any atom is 0.339 e. The van der Waals surface area contributed by atoms with E-state index in [2.05, 4.69) is 15.1 Å². The van der Waals surface area contributed by atoms with E-state index in [1.54, 1.807) is 38.4 Å². The summed E-state index contributed by atoms with van der Waals surface area (Å²) < 4.78 is 6.79. The van der Waals surface area contributed by atoms with Crippen LogP contribution in [0.25, 0.3) is 17.2 Å². The van der Waals surface area contributed by atoms with Gasteiger partial charge in [-0.1, -0.05) is 0 Å². The number of aromatic carboxylic acids is 1. The van der Waals surface area contributed by atoms with E-state index < -0.39 is 5.97 Å². The van der Waals surface area contributed by atoms with E-state index >= 15 is 0 Å². The molecule has 3 aromatic heterocycles. The highest BCUT2D eigenvalue weighted by Crippen LogP contribution is 2.28. The Morgan fingerprint density at radius 1 is 1.29 bits per heavy atom. The van der Waals surface area contributed by atoms with E-state index in [1.165, 1.54) is 10.9 Å². The van der Waals surface area contributed by atoms with Crippen LogP contribution in [0.15, 0.2) is 35.1 Å². The lowest BCUT2D eigenvalue weighted by molar-refractivity contribution is 0.0697. The van der Waals surface area contributed by atoms with Gasteiger partial charge in [-0.05, 0) is 26.0 Å².